The lowest BCUT2D eigenvalue weighted by Crippen LogP contribution is -2.04. The molecule has 0 saturated heterocycles. The number of hydrogen-bond donors (Lipinski definition) is 0. The first-order valence-electron chi connectivity index (χ1n) is 5.66. The molecule has 1 aromatic carbocycles. The summed E-state index contributed by atoms with van der Waals surface area (Å²) in [4.78, 5) is 11.1. The molecule has 2 heteroatoms. The second kappa shape index (κ2) is 4.12. The fraction of sp³-hybridized carbons (Fsp3) is 0.357. The predicted molar refractivity (Wildman–Crippen MR) is 66.7 cm³/mol. The maximum atomic E-state index is 11.1. The first kappa shape index (κ1) is 10.9. The van der Waals surface area contributed by atoms with Crippen molar-refractivity contribution in [3.05, 3.63) is 36.0 Å². The van der Waals surface area contributed by atoms with Crippen LogP contribution in [0.5, 0.6) is 0 Å². The monoisotopic (exact) mass is 215 g/mol. The lowest BCUT2D eigenvalue weighted by Gasteiger charge is -2.06. The van der Waals surface area contributed by atoms with Crippen molar-refractivity contribution in [1.29, 1.82) is 0 Å². The average molecular weight is 215 g/mol. The van der Waals surface area contributed by atoms with E-state index in [1.807, 2.05) is 10.8 Å². The molecule has 0 aliphatic heterocycles. The molecule has 0 bridgehead atoms. The number of benzene rings is 1. The average Bonchev–Trinajstić information content (AvgIpc) is 2.60. The number of Topliss-reactive ketones (excluding diaryl/α,β-unsaturated/α-hetero) is 1. The minimum atomic E-state index is 0.186. The zero-order chi connectivity index (χ0) is 11.7. The minimum Gasteiger partial charge on any atom is -0.340 e. The zero-order valence-corrected chi connectivity index (χ0v) is 10.0. The van der Waals surface area contributed by atoms with Gasteiger partial charge < -0.3 is 4.57 Å². The van der Waals surface area contributed by atoms with Gasteiger partial charge in [0.15, 0.2) is 0 Å². The molecule has 2 rings (SSSR count). The molecule has 0 unspecified atom stereocenters. The highest BCUT2D eigenvalue weighted by Gasteiger charge is 2.05. The first-order valence-corrected chi connectivity index (χ1v) is 5.66. The highest BCUT2D eigenvalue weighted by Crippen LogP contribution is 2.22. The van der Waals surface area contributed by atoms with E-state index in [0.29, 0.717) is 12.5 Å². The van der Waals surface area contributed by atoms with Gasteiger partial charge >= 0.3 is 0 Å². The van der Waals surface area contributed by atoms with Gasteiger partial charge in [-0.15, -0.1) is 0 Å². The third-order valence-corrected chi connectivity index (χ3v) is 2.85. The largest absolute Gasteiger partial charge is 0.340 e. The van der Waals surface area contributed by atoms with E-state index >= 15 is 0 Å². The molecule has 0 spiro atoms. The van der Waals surface area contributed by atoms with Crippen molar-refractivity contribution in [2.24, 2.45) is 0 Å². The summed E-state index contributed by atoms with van der Waals surface area (Å²) < 4.78 is 2.00. The molecule has 0 aliphatic rings. The van der Waals surface area contributed by atoms with Crippen LogP contribution < -0.4 is 0 Å². The van der Waals surface area contributed by atoms with Crippen LogP contribution in [-0.4, -0.2) is 10.4 Å². The molecule has 1 aromatic heterocycles. The Hall–Kier alpha value is -1.57. The van der Waals surface area contributed by atoms with Gasteiger partial charge in [-0.1, -0.05) is 19.9 Å². The van der Waals surface area contributed by atoms with Crippen LogP contribution in [0.25, 0.3) is 10.9 Å². The minimum absolute atomic E-state index is 0.186. The molecule has 0 fully saturated rings. The summed E-state index contributed by atoms with van der Waals surface area (Å²) in [7, 11) is 0. The Bertz CT molecular complexity index is 523. The van der Waals surface area contributed by atoms with Crippen molar-refractivity contribution in [2.75, 3.05) is 0 Å². The Morgan fingerprint density at radius 3 is 2.69 bits per heavy atom. The number of hydrogen-bond acceptors (Lipinski definition) is 1. The summed E-state index contributed by atoms with van der Waals surface area (Å²) >= 11 is 0. The van der Waals surface area contributed by atoms with Crippen molar-refractivity contribution in [2.45, 2.75) is 33.2 Å². The SMILES string of the molecule is CC(=O)Cn1ccc2cc(C(C)C)ccc21. The summed E-state index contributed by atoms with van der Waals surface area (Å²) in [5.74, 6) is 0.728. The molecule has 16 heavy (non-hydrogen) atoms. The Kier molecular flexibility index (Phi) is 2.82. The highest BCUT2D eigenvalue weighted by atomic mass is 16.1. The smallest absolute Gasteiger partial charge is 0.149 e. The molecule has 0 saturated carbocycles. The molecular weight excluding hydrogens is 198 g/mol. The molecule has 0 N–H and O–H groups in total. The van der Waals surface area contributed by atoms with E-state index in [4.69, 9.17) is 0 Å². The van der Waals surface area contributed by atoms with Crippen LogP contribution in [0.15, 0.2) is 30.5 Å². The Balaban J connectivity index is 2.46. The van der Waals surface area contributed by atoms with Crippen LogP contribution >= 0.6 is 0 Å². The molecule has 0 radical (unpaired) electrons. The van der Waals surface area contributed by atoms with Crippen LogP contribution in [0.4, 0.5) is 0 Å². The number of carbonyl (C=O) groups is 1. The first-order chi connectivity index (χ1) is 7.58. The van der Waals surface area contributed by atoms with Crippen LogP contribution in [0, 0.1) is 0 Å². The third-order valence-electron chi connectivity index (χ3n) is 2.85. The maximum absolute atomic E-state index is 11.1. The fourth-order valence-electron chi connectivity index (χ4n) is 1.96. The second-order valence-corrected chi connectivity index (χ2v) is 4.62. The van der Waals surface area contributed by atoms with Gasteiger partial charge in [0.05, 0.1) is 6.54 Å². The Labute approximate surface area is 95.9 Å². The zero-order valence-electron chi connectivity index (χ0n) is 10.0. The predicted octanol–water partition coefficient (Wildman–Crippen LogP) is 3.35. The summed E-state index contributed by atoms with van der Waals surface area (Å²) in [6, 6.07) is 8.53. The van der Waals surface area contributed by atoms with E-state index in [1.54, 1.807) is 6.92 Å². The lowest BCUT2D eigenvalue weighted by atomic mass is 10.0. The van der Waals surface area contributed by atoms with Gasteiger partial charge in [0.25, 0.3) is 0 Å². The fourth-order valence-corrected chi connectivity index (χ4v) is 1.96. The number of ketones is 1. The van der Waals surface area contributed by atoms with Crippen molar-refractivity contribution in [3.63, 3.8) is 0 Å². The van der Waals surface area contributed by atoms with Gasteiger partial charge in [0, 0.05) is 11.7 Å². The van der Waals surface area contributed by atoms with E-state index in [2.05, 4.69) is 38.1 Å². The Morgan fingerprint density at radius 2 is 2.06 bits per heavy atom. The van der Waals surface area contributed by atoms with Gasteiger partial charge in [-0.25, -0.2) is 0 Å². The molecule has 84 valence electrons. The summed E-state index contributed by atoms with van der Waals surface area (Å²) in [5, 5.41) is 1.22. The number of aromatic nitrogens is 1. The topological polar surface area (TPSA) is 22.0 Å². The maximum Gasteiger partial charge on any atom is 0.149 e. The van der Waals surface area contributed by atoms with Crippen molar-refractivity contribution < 1.29 is 4.79 Å². The standard InChI is InChI=1S/C14H17NO/c1-10(2)12-4-5-14-13(8-12)6-7-15(14)9-11(3)16/h4-8,10H,9H2,1-3H3. The number of fused-ring (bicyclic) bond motifs is 1. The normalized spacial score (nSPS) is 11.2. The number of nitrogens with zero attached hydrogens (tertiary/aromatic N) is 1. The van der Waals surface area contributed by atoms with Gasteiger partial charge in [-0.05, 0) is 42.0 Å². The lowest BCUT2D eigenvalue weighted by molar-refractivity contribution is -0.117. The van der Waals surface area contributed by atoms with Gasteiger partial charge in [-0.2, -0.15) is 0 Å². The summed E-state index contributed by atoms with van der Waals surface area (Å²) in [6.45, 7) is 6.46. The molecule has 2 aromatic rings. The Morgan fingerprint density at radius 1 is 1.31 bits per heavy atom. The highest BCUT2D eigenvalue weighted by molar-refractivity contribution is 5.83. The van der Waals surface area contributed by atoms with Crippen LogP contribution in [-0.2, 0) is 11.3 Å². The second-order valence-electron chi connectivity index (χ2n) is 4.62. The van der Waals surface area contributed by atoms with Crippen molar-refractivity contribution in [1.82, 2.24) is 4.57 Å². The van der Waals surface area contributed by atoms with E-state index in [0.717, 1.165) is 5.52 Å². The molecule has 2 nitrogen and oxygen atoms in total. The summed E-state index contributed by atoms with van der Waals surface area (Å²) in [5.41, 5.74) is 2.48. The summed E-state index contributed by atoms with van der Waals surface area (Å²) in [6.07, 6.45) is 1.98. The molecule has 0 amide bonds. The van der Waals surface area contributed by atoms with E-state index in [1.165, 1.54) is 10.9 Å². The van der Waals surface area contributed by atoms with Gasteiger partial charge in [0.2, 0.25) is 0 Å². The molecule has 1 heterocycles. The van der Waals surface area contributed by atoms with Crippen LogP contribution in [0.1, 0.15) is 32.3 Å². The number of carbonyl (C=O) groups excluding carboxylic acids is 1. The van der Waals surface area contributed by atoms with Crippen molar-refractivity contribution >= 4 is 16.7 Å². The molecule has 0 atom stereocenters. The molecule has 0 aliphatic carbocycles. The molecular formula is C14H17NO. The van der Waals surface area contributed by atoms with Crippen molar-refractivity contribution in [3.8, 4) is 0 Å². The van der Waals surface area contributed by atoms with E-state index in [-0.39, 0.29) is 5.78 Å². The quantitative estimate of drug-likeness (QED) is 0.769. The third kappa shape index (κ3) is 2.01. The van der Waals surface area contributed by atoms with E-state index < -0.39 is 0 Å². The van der Waals surface area contributed by atoms with Gasteiger partial charge in [0.1, 0.15) is 5.78 Å². The number of rotatable bonds is 3. The van der Waals surface area contributed by atoms with E-state index in [9.17, 15) is 4.79 Å². The van der Waals surface area contributed by atoms with Crippen LogP contribution in [0.3, 0.4) is 0 Å². The van der Waals surface area contributed by atoms with Crippen LogP contribution in [0.2, 0.25) is 0 Å². The van der Waals surface area contributed by atoms with Gasteiger partial charge in [-0.3, -0.25) is 4.79 Å².